The van der Waals surface area contributed by atoms with E-state index >= 15 is 0 Å². The highest BCUT2D eigenvalue weighted by atomic mass is 32.1. The van der Waals surface area contributed by atoms with Crippen LogP contribution in [0.1, 0.15) is 45.6 Å². The van der Waals surface area contributed by atoms with Gasteiger partial charge in [0, 0.05) is 17.6 Å². The van der Waals surface area contributed by atoms with Gasteiger partial charge in [0.05, 0.1) is 10.6 Å². The SMILES string of the molecule is CCc1ncc(CN2CCC(Cc3ccccc3C(=O)O)CC2)s1. The van der Waals surface area contributed by atoms with Crippen molar-refractivity contribution in [2.24, 2.45) is 5.92 Å². The first kappa shape index (κ1) is 17.1. The fraction of sp³-hybridized carbons (Fsp3) is 0.474. The van der Waals surface area contributed by atoms with E-state index in [2.05, 4.69) is 16.8 Å². The van der Waals surface area contributed by atoms with E-state index in [1.807, 2.05) is 29.7 Å². The Bertz CT molecular complexity index is 690. The van der Waals surface area contributed by atoms with Gasteiger partial charge in [-0.2, -0.15) is 0 Å². The molecular weight excluding hydrogens is 320 g/mol. The highest BCUT2D eigenvalue weighted by Crippen LogP contribution is 2.25. The number of aryl methyl sites for hydroxylation is 1. The minimum absolute atomic E-state index is 0.455. The first-order valence-corrected chi connectivity index (χ1v) is 9.44. The molecule has 0 radical (unpaired) electrons. The quantitative estimate of drug-likeness (QED) is 0.864. The zero-order valence-corrected chi connectivity index (χ0v) is 14.9. The van der Waals surface area contributed by atoms with Gasteiger partial charge in [-0.25, -0.2) is 9.78 Å². The topological polar surface area (TPSA) is 53.4 Å². The molecule has 0 atom stereocenters. The highest BCUT2D eigenvalue weighted by Gasteiger charge is 2.21. The normalized spacial score (nSPS) is 16.4. The van der Waals surface area contributed by atoms with Crippen molar-refractivity contribution in [1.82, 2.24) is 9.88 Å². The summed E-state index contributed by atoms with van der Waals surface area (Å²) in [6.45, 7) is 5.30. The maximum absolute atomic E-state index is 11.3. The monoisotopic (exact) mass is 344 g/mol. The molecule has 1 N–H and O–H groups in total. The van der Waals surface area contributed by atoms with Gasteiger partial charge in [-0.1, -0.05) is 25.1 Å². The van der Waals surface area contributed by atoms with Crippen LogP contribution < -0.4 is 0 Å². The van der Waals surface area contributed by atoms with Crippen LogP contribution in [0.5, 0.6) is 0 Å². The van der Waals surface area contributed by atoms with Crippen molar-refractivity contribution in [3.63, 3.8) is 0 Å². The van der Waals surface area contributed by atoms with Crippen LogP contribution in [0.15, 0.2) is 30.5 Å². The van der Waals surface area contributed by atoms with Crippen LogP contribution in [0.3, 0.4) is 0 Å². The summed E-state index contributed by atoms with van der Waals surface area (Å²) in [6, 6.07) is 7.41. The summed E-state index contributed by atoms with van der Waals surface area (Å²) in [5.74, 6) is -0.241. The third-order valence-corrected chi connectivity index (χ3v) is 5.87. The van der Waals surface area contributed by atoms with E-state index in [1.54, 1.807) is 12.1 Å². The van der Waals surface area contributed by atoms with Gasteiger partial charge in [-0.3, -0.25) is 4.90 Å². The van der Waals surface area contributed by atoms with Crippen molar-refractivity contribution in [2.75, 3.05) is 13.1 Å². The summed E-state index contributed by atoms with van der Waals surface area (Å²) >= 11 is 1.82. The van der Waals surface area contributed by atoms with E-state index in [0.29, 0.717) is 11.5 Å². The first-order chi connectivity index (χ1) is 11.7. The number of carboxylic acids is 1. The van der Waals surface area contributed by atoms with Crippen molar-refractivity contribution in [2.45, 2.75) is 39.2 Å². The van der Waals surface area contributed by atoms with Gasteiger partial charge in [0.15, 0.2) is 0 Å². The van der Waals surface area contributed by atoms with E-state index in [9.17, 15) is 9.90 Å². The van der Waals surface area contributed by atoms with E-state index < -0.39 is 5.97 Å². The molecule has 5 heteroatoms. The number of benzene rings is 1. The molecule has 0 saturated carbocycles. The number of aromatic carboxylic acids is 1. The number of aromatic nitrogens is 1. The van der Waals surface area contributed by atoms with Crippen molar-refractivity contribution in [3.05, 3.63) is 51.5 Å². The molecule has 128 valence electrons. The van der Waals surface area contributed by atoms with E-state index in [-0.39, 0.29) is 0 Å². The standard InChI is InChI=1S/C19H24N2O2S/c1-2-18-20-12-16(24-18)13-21-9-7-14(8-10-21)11-15-5-3-4-6-17(15)19(22)23/h3-6,12,14H,2,7-11,13H2,1H3,(H,22,23). The molecule has 1 aliphatic heterocycles. The van der Waals surface area contributed by atoms with Crippen LogP contribution >= 0.6 is 11.3 Å². The number of carbonyl (C=O) groups is 1. The van der Waals surface area contributed by atoms with Gasteiger partial charge in [-0.15, -0.1) is 11.3 Å². The van der Waals surface area contributed by atoms with E-state index in [4.69, 9.17) is 0 Å². The van der Waals surface area contributed by atoms with Gasteiger partial charge in [-0.05, 0) is 56.3 Å². The lowest BCUT2D eigenvalue weighted by Crippen LogP contribution is -2.33. The van der Waals surface area contributed by atoms with Crippen LogP contribution in [0.4, 0.5) is 0 Å². The maximum atomic E-state index is 11.3. The Morgan fingerprint density at radius 1 is 1.33 bits per heavy atom. The molecule has 2 aromatic rings. The molecule has 0 unspecified atom stereocenters. The Morgan fingerprint density at radius 3 is 2.75 bits per heavy atom. The molecule has 1 aromatic heterocycles. The van der Waals surface area contributed by atoms with E-state index in [0.717, 1.165) is 50.9 Å². The van der Waals surface area contributed by atoms with Gasteiger partial charge in [0.1, 0.15) is 0 Å². The summed E-state index contributed by atoms with van der Waals surface area (Å²) in [5.41, 5.74) is 1.43. The fourth-order valence-corrected chi connectivity index (χ4v) is 4.28. The summed E-state index contributed by atoms with van der Waals surface area (Å²) < 4.78 is 0. The molecule has 2 heterocycles. The molecule has 24 heavy (non-hydrogen) atoms. The van der Waals surface area contributed by atoms with Crippen molar-refractivity contribution in [3.8, 4) is 0 Å². The number of thiazole rings is 1. The molecule has 0 spiro atoms. The average molecular weight is 344 g/mol. The summed E-state index contributed by atoms with van der Waals surface area (Å²) in [4.78, 5) is 19.6. The Kier molecular flexibility index (Phi) is 5.63. The highest BCUT2D eigenvalue weighted by molar-refractivity contribution is 7.11. The fourth-order valence-electron chi connectivity index (χ4n) is 3.37. The molecule has 1 saturated heterocycles. The largest absolute Gasteiger partial charge is 0.478 e. The second kappa shape index (κ2) is 7.90. The number of piperidine rings is 1. The third-order valence-electron chi connectivity index (χ3n) is 4.75. The number of likely N-dealkylation sites (tertiary alicyclic amines) is 1. The molecule has 3 rings (SSSR count). The van der Waals surface area contributed by atoms with Crippen LogP contribution in [-0.2, 0) is 19.4 Å². The Hall–Kier alpha value is -1.72. The van der Waals surface area contributed by atoms with Gasteiger partial charge >= 0.3 is 5.97 Å². The lowest BCUT2D eigenvalue weighted by molar-refractivity contribution is 0.0695. The Balaban J connectivity index is 1.53. The average Bonchev–Trinajstić information content (AvgIpc) is 3.04. The molecule has 4 nitrogen and oxygen atoms in total. The van der Waals surface area contributed by atoms with Crippen LogP contribution in [0, 0.1) is 5.92 Å². The van der Waals surface area contributed by atoms with Crippen molar-refractivity contribution >= 4 is 17.3 Å². The number of carboxylic acid groups (broad SMARTS) is 1. The molecule has 1 aliphatic rings. The molecule has 0 bridgehead atoms. The minimum atomic E-state index is -0.819. The lowest BCUT2D eigenvalue weighted by atomic mass is 9.88. The Morgan fingerprint density at radius 2 is 2.08 bits per heavy atom. The number of hydrogen-bond acceptors (Lipinski definition) is 4. The number of nitrogens with zero attached hydrogens (tertiary/aromatic N) is 2. The molecule has 0 amide bonds. The van der Waals surface area contributed by atoms with Crippen molar-refractivity contribution in [1.29, 1.82) is 0 Å². The smallest absolute Gasteiger partial charge is 0.335 e. The molecule has 1 aromatic carbocycles. The summed E-state index contributed by atoms with van der Waals surface area (Å²) in [6.07, 6.45) is 6.16. The molecule has 0 aliphatic carbocycles. The first-order valence-electron chi connectivity index (χ1n) is 8.63. The van der Waals surface area contributed by atoms with E-state index in [1.165, 1.54) is 9.88 Å². The van der Waals surface area contributed by atoms with Crippen LogP contribution in [0.2, 0.25) is 0 Å². The molecule has 1 fully saturated rings. The summed E-state index contributed by atoms with van der Waals surface area (Å²) in [5, 5.41) is 10.5. The zero-order chi connectivity index (χ0) is 16.9. The second-order valence-electron chi connectivity index (χ2n) is 6.46. The third kappa shape index (κ3) is 4.22. The lowest BCUT2D eigenvalue weighted by Gasteiger charge is -2.31. The van der Waals surface area contributed by atoms with Gasteiger partial charge in [0.2, 0.25) is 0 Å². The summed E-state index contributed by atoms with van der Waals surface area (Å²) in [7, 11) is 0. The Labute approximate surface area is 147 Å². The number of hydrogen-bond donors (Lipinski definition) is 1. The number of rotatable bonds is 6. The van der Waals surface area contributed by atoms with Crippen LogP contribution in [0.25, 0.3) is 0 Å². The second-order valence-corrected chi connectivity index (χ2v) is 7.66. The minimum Gasteiger partial charge on any atom is -0.478 e. The van der Waals surface area contributed by atoms with Crippen LogP contribution in [-0.4, -0.2) is 34.0 Å². The van der Waals surface area contributed by atoms with Gasteiger partial charge in [0.25, 0.3) is 0 Å². The maximum Gasteiger partial charge on any atom is 0.335 e. The molecular formula is C19H24N2O2S. The van der Waals surface area contributed by atoms with Gasteiger partial charge < -0.3 is 5.11 Å². The zero-order valence-electron chi connectivity index (χ0n) is 14.1. The predicted octanol–water partition coefficient (Wildman–Crippen LogP) is 3.86. The predicted molar refractivity (Wildman–Crippen MR) is 96.6 cm³/mol. The van der Waals surface area contributed by atoms with Crippen molar-refractivity contribution < 1.29 is 9.90 Å².